The lowest BCUT2D eigenvalue weighted by Gasteiger charge is -2.32. The second kappa shape index (κ2) is 11.6. The molecular formula is C22H34N4O4S. The van der Waals surface area contributed by atoms with Crippen LogP contribution in [0.4, 0.5) is 4.79 Å². The molecule has 0 aromatic carbocycles. The monoisotopic (exact) mass is 450 g/mol. The van der Waals surface area contributed by atoms with Gasteiger partial charge in [0.25, 0.3) is 0 Å². The summed E-state index contributed by atoms with van der Waals surface area (Å²) in [5.74, 6) is 2.10. The highest BCUT2D eigenvalue weighted by Gasteiger charge is 2.27. The first-order valence-electron chi connectivity index (χ1n) is 11.1. The molecule has 9 heteroatoms. The van der Waals surface area contributed by atoms with Gasteiger partial charge in [0.15, 0.2) is 0 Å². The van der Waals surface area contributed by atoms with E-state index in [-0.39, 0.29) is 24.4 Å². The molecule has 0 bridgehead atoms. The Morgan fingerprint density at radius 1 is 1.13 bits per heavy atom. The number of hydrogen-bond acceptors (Lipinski definition) is 8. The molecule has 0 aliphatic carbocycles. The van der Waals surface area contributed by atoms with Gasteiger partial charge in [-0.25, -0.2) is 14.8 Å². The predicted octanol–water partition coefficient (Wildman–Crippen LogP) is 3.85. The van der Waals surface area contributed by atoms with Crippen molar-refractivity contribution in [2.75, 3.05) is 31.9 Å². The van der Waals surface area contributed by atoms with Crippen LogP contribution in [0.1, 0.15) is 45.1 Å². The molecule has 0 spiro atoms. The molecule has 0 saturated carbocycles. The van der Waals surface area contributed by atoms with Gasteiger partial charge in [-0.15, -0.1) is 6.58 Å². The fourth-order valence-corrected chi connectivity index (χ4v) is 4.43. The van der Waals surface area contributed by atoms with E-state index in [1.807, 2.05) is 38.8 Å². The van der Waals surface area contributed by atoms with Gasteiger partial charge in [-0.1, -0.05) is 18.0 Å². The molecule has 3 rings (SSSR count). The van der Waals surface area contributed by atoms with Crippen molar-refractivity contribution >= 4 is 18.0 Å². The van der Waals surface area contributed by atoms with Crippen molar-refractivity contribution in [3.63, 3.8) is 0 Å². The lowest BCUT2D eigenvalue weighted by atomic mass is 10.1. The third-order valence-corrected chi connectivity index (χ3v) is 6.48. The van der Waals surface area contributed by atoms with E-state index >= 15 is 0 Å². The van der Waals surface area contributed by atoms with Crippen LogP contribution in [0, 0.1) is 6.92 Å². The van der Waals surface area contributed by atoms with Gasteiger partial charge in [-0.05, 0) is 33.6 Å². The Kier molecular flexibility index (Phi) is 8.83. The topological polar surface area (TPSA) is 77.0 Å². The highest BCUT2D eigenvalue weighted by molar-refractivity contribution is 7.97. The Hall–Kier alpha value is -2.00. The van der Waals surface area contributed by atoms with Gasteiger partial charge < -0.3 is 19.1 Å². The quantitative estimate of drug-likeness (QED) is 0.437. The Morgan fingerprint density at radius 2 is 1.68 bits per heavy atom. The lowest BCUT2D eigenvalue weighted by molar-refractivity contribution is 0.0503. The van der Waals surface area contributed by atoms with E-state index in [1.54, 1.807) is 4.90 Å². The molecule has 8 nitrogen and oxygen atoms in total. The van der Waals surface area contributed by atoms with Gasteiger partial charge in [-0.3, -0.25) is 4.31 Å². The maximum absolute atomic E-state index is 12.1. The highest BCUT2D eigenvalue weighted by Crippen LogP contribution is 2.28. The standard InChI is InChI=1S/C22H34N4O4S/c1-5-14-31-26-12-8-19(9-13-26)30-21-17(4)20(23-15-24-21)29-18-6-10-25(11-7-18)22(27)28-16(2)3/h5,15-16,18-19H,1,6-14H2,2-4H3. The van der Waals surface area contributed by atoms with Crippen molar-refractivity contribution < 1.29 is 19.0 Å². The molecule has 31 heavy (non-hydrogen) atoms. The van der Waals surface area contributed by atoms with Crippen LogP contribution in [0.2, 0.25) is 0 Å². The summed E-state index contributed by atoms with van der Waals surface area (Å²) >= 11 is 1.82. The van der Waals surface area contributed by atoms with E-state index < -0.39 is 0 Å². The zero-order valence-electron chi connectivity index (χ0n) is 18.8. The van der Waals surface area contributed by atoms with Crippen LogP contribution in [0.5, 0.6) is 11.8 Å². The van der Waals surface area contributed by atoms with E-state index in [0.29, 0.717) is 24.8 Å². The Bertz CT molecular complexity index is 732. The first-order valence-corrected chi connectivity index (χ1v) is 12.0. The number of hydrogen-bond donors (Lipinski definition) is 0. The molecule has 0 unspecified atom stereocenters. The number of ether oxygens (including phenoxy) is 3. The summed E-state index contributed by atoms with van der Waals surface area (Å²) in [6.07, 6.45) is 6.65. The molecule has 0 N–H and O–H groups in total. The van der Waals surface area contributed by atoms with Crippen LogP contribution >= 0.6 is 11.9 Å². The molecule has 3 heterocycles. The molecule has 1 amide bonds. The third-order valence-electron chi connectivity index (χ3n) is 5.36. The average Bonchev–Trinajstić information content (AvgIpc) is 2.76. The second-order valence-electron chi connectivity index (χ2n) is 8.18. The molecule has 0 atom stereocenters. The summed E-state index contributed by atoms with van der Waals surface area (Å²) in [5.41, 5.74) is 0.826. The van der Waals surface area contributed by atoms with Crippen molar-refractivity contribution in [2.24, 2.45) is 0 Å². The average molecular weight is 451 g/mol. The van der Waals surface area contributed by atoms with E-state index in [2.05, 4.69) is 20.9 Å². The zero-order valence-corrected chi connectivity index (χ0v) is 19.6. The van der Waals surface area contributed by atoms with Crippen molar-refractivity contribution in [1.29, 1.82) is 0 Å². The van der Waals surface area contributed by atoms with Crippen LogP contribution in [0.25, 0.3) is 0 Å². The molecule has 2 fully saturated rings. The first-order chi connectivity index (χ1) is 15.0. The summed E-state index contributed by atoms with van der Waals surface area (Å²) in [4.78, 5) is 22.5. The Morgan fingerprint density at radius 3 is 2.19 bits per heavy atom. The molecular weight excluding hydrogens is 416 g/mol. The maximum atomic E-state index is 12.1. The van der Waals surface area contributed by atoms with Crippen LogP contribution in [0.15, 0.2) is 19.0 Å². The minimum absolute atomic E-state index is 0.00896. The zero-order chi connectivity index (χ0) is 22.2. The van der Waals surface area contributed by atoms with Gasteiger partial charge in [0.05, 0.1) is 11.7 Å². The van der Waals surface area contributed by atoms with Gasteiger partial charge in [0, 0.05) is 44.8 Å². The third kappa shape index (κ3) is 7.00. The number of likely N-dealkylation sites (tertiary alicyclic amines) is 1. The number of amides is 1. The highest BCUT2D eigenvalue weighted by atomic mass is 32.2. The van der Waals surface area contributed by atoms with E-state index in [0.717, 1.165) is 50.1 Å². The lowest BCUT2D eigenvalue weighted by Crippen LogP contribution is -2.42. The van der Waals surface area contributed by atoms with Gasteiger partial charge in [-0.2, -0.15) is 0 Å². The predicted molar refractivity (Wildman–Crippen MR) is 121 cm³/mol. The van der Waals surface area contributed by atoms with Crippen molar-refractivity contribution in [1.82, 2.24) is 19.2 Å². The summed E-state index contributed by atoms with van der Waals surface area (Å²) < 4.78 is 20.0. The molecule has 2 aliphatic rings. The number of nitrogens with zero attached hydrogens (tertiary/aromatic N) is 4. The van der Waals surface area contributed by atoms with E-state index in [4.69, 9.17) is 14.2 Å². The molecule has 0 radical (unpaired) electrons. The molecule has 2 saturated heterocycles. The van der Waals surface area contributed by atoms with E-state index in [9.17, 15) is 4.79 Å². The minimum Gasteiger partial charge on any atom is -0.474 e. The maximum Gasteiger partial charge on any atom is 0.410 e. The summed E-state index contributed by atoms with van der Waals surface area (Å²) in [7, 11) is 0. The van der Waals surface area contributed by atoms with Gasteiger partial charge in [0.2, 0.25) is 11.8 Å². The molecule has 172 valence electrons. The number of rotatable bonds is 8. The van der Waals surface area contributed by atoms with Gasteiger partial charge >= 0.3 is 6.09 Å². The summed E-state index contributed by atoms with van der Waals surface area (Å²) in [5, 5.41) is 0. The van der Waals surface area contributed by atoms with E-state index in [1.165, 1.54) is 6.33 Å². The summed E-state index contributed by atoms with van der Waals surface area (Å²) in [6.45, 7) is 12.7. The molecule has 2 aliphatic heterocycles. The van der Waals surface area contributed by atoms with Crippen LogP contribution < -0.4 is 9.47 Å². The Balaban J connectivity index is 1.49. The second-order valence-corrected chi connectivity index (χ2v) is 9.28. The molecule has 1 aromatic rings. The minimum atomic E-state index is -0.253. The fourth-order valence-electron chi connectivity index (χ4n) is 3.64. The largest absolute Gasteiger partial charge is 0.474 e. The number of piperidine rings is 2. The molecule has 1 aromatic heterocycles. The van der Waals surface area contributed by atoms with Crippen molar-refractivity contribution in [3.05, 3.63) is 24.5 Å². The SMILES string of the molecule is C=CCSN1CCC(Oc2ncnc(OC3CCN(C(=O)OC(C)C)CC3)c2C)CC1. The van der Waals surface area contributed by atoms with Crippen LogP contribution in [0.3, 0.4) is 0 Å². The Labute approximate surface area is 189 Å². The number of aromatic nitrogens is 2. The number of carbonyl (C=O) groups excluding carboxylic acids is 1. The van der Waals surface area contributed by atoms with Crippen molar-refractivity contribution in [2.45, 2.75) is 64.8 Å². The van der Waals surface area contributed by atoms with Crippen molar-refractivity contribution in [3.8, 4) is 11.8 Å². The normalized spacial score (nSPS) is 18.8. The van der Waals surface area contributed by atoms with Crippen LogP contribution in [-0.4, -0.2) is 75.5 Å². The van der Waals surface area contributed by atoms with Gasteiger partial charge in [0.1, 0.15) is 18.5 Å². The smallest absolute Gasteiger partial charge is 0.410 e. The number of carbonyl (C=O) groups is 1. The first kappa shape index (κ1) is 23.7. The fraction of sp³-hybridized carbons (Fsp3) is 0.682. The van der Waals surface area contributed by atoms with Crippen LogP contribution in [-0.2, 0) is 4.74 Å². The summed E-state index contributed by atoms with van der Waals surface area (Å²) in [6, 6.07) is 0.